The Morgan fingerprint density at radius 3 is 2.86 bits per heavy atom. The molecule has 0 saturated carbocycles. The number of aryl methyl sites for hydroxylation is 1. The summed E-state index contributed by atoms with van der Waals surface area (Å²) >= 11 is 0. The quantitative estimate of drug-likeness (QED) is 0.884. The van der Waals surface area contributed by atoms with Gasteiger partial charge in [0.05, 0.1) is 5.69 Å². The van der Waals surface area contributed by atoms with Gasteiger partial charge >= 0.3 is 5.97 Å². The molecule has 1 aliphatic heterocycles. The minimum atomic E-state index is -1.02. The first-order valence-corrected chi connectivity index (χ1v) is 7.08. The van der Waals surface area contributed by atoms with Gasteiger partial charge in [0.15, 0.2) is 5.69 Å². The molecule has 0 bridgehead atoms. The molecule has 0 spiro atoms. The van der Waals surface area contributed by atoms with Gasteiger partial charge in [0.25, 0.3) is 0 Å². The molecule has 0 amide bonds. The highest BCUT2D eigenvalue weighted by molar-refractivity contribution is 5.86. The van der Waals surface area contributed by atoms with E-state index in [9.17, 15) is 9.90 Å². The molecule has 1 saturated heterocycles. The summed E-state index contributed by atoms with van der Waals surface area (Å²) in [5.41, 5.74) is 0.767. The molecule has 7 nitrogen and oxygen atoms in total. The van der Waals surface area contributed by atoms with Crippen molar-refractivity contribution in [3.8, 4) is 0 Å². The number of hydrogen-bond acceptors (Lipinski definition) is 5. The normalized spacial score (nSPS) is 16.2. The molecule has 1 fully saturated rings. The molecule has 0 atom stereocenters. The fourth-order valence-electron chi connectivity index (χ4n) is 2.81. The van der Waals surface area contributed by atoms with Crippen LogP contribution in [0.5, 0.6) is 0 Å². The van der Waals surface area contributed by atoms with Crippen LogP contribution in [-0.4, -0.2) is 39.2 Å². The molecule has 2 aromatic heterocycles. The van der Waals surface area contributed by atoms with E-state index in [1.807, 2.05) is 19.1 Å². The van der Waals surface area contributed by atoms with Crippen LogP contribution < -0.4 is 5.32 Å². The standard InChI is InChI=1S/C14H18N4O3/c1-9-2-3-11(21-9)8-18-13(10-4-6-15-7-5-10)12(14(19)20)16-17-18/h2-3,10,15H,4-8H2,1H3,(H,19,20). The van der Waals surface area contributed by atoms with Crippen LogP contribution in [0, 0.1) is 6.92 Å². The summed E-state index contributed by atoms with van der Waals surface area (Å²) in [6.45, 7) is 4.05. The third kappa shape index (κ3) is 2.82. The summed E-state index contributed by atoms with van der Waals surface area (Å²) in [4.78, 5) is 11.4. The van der Waals surface area contributed by atoms with E-state index in [1.54, 1.807) is 4.68 Å². The van der Waals surface area contributed by atoms with Gasteiger partial charge in [-0.1, -0.05) is 5.21 Å². The van der Waals surface area contributed by atoms with Crippen LogP contribution in [0.1, 0.15) is 46.5 Å². The largest absolute Gasteiger partial charge is 0.476 e. The van der Waals surface area contributed by atoms with E-state index < -0.39 is 5.97 Å². The van der Waals surface area contributed by atoms with Crippen molar-refractivity contribution in [2.75, 3.05) is 13.1 Å². The minimum Gasteiger partial charge on any atom is -0.476 e. The van der Waals surface area contributed by atoms with Crippen LogP contribution in [0.15, 0.2) is 16.5 Å². The number of rotatable bonds is 4. The van der Waals surface area contributed by atoms with Crippen molar-refractivity contribution in [1.29, 1.82) is 0 Å². The number of furan rings is 1. The number of carbonyl (C=O) groups is 1. The molecule has 2 aromatic rings. The number of nitrogens with one attached hydrogen (secondary N) is 1. The smallest absolute Gasteiger partial charge is 0.358 e. The Balaban J connectivity index is 1.93. The molecular formula is C14H18N4O3. The van der Waals surface area contributed by atoms with Crippen LogP contribution in [0.25, 0.3) is 0 Å². The van der Waals surface area contributed by atoms with Crippen molar-refractivity contribution in [1.82, 2.24) is 20.3 Å². The zero-order chi connectivity index (χ0) is 14.8. The number of carboxylic acids is 1. The number of nitrogens with zero attached hydrogens (tertiary/aromatic N) is 3. The Kier molecular flexibility index (Phi) is 3.74. The Hall–Kier alpha value is -2.15. The monoisotopic (exact) mass is 290 g/mol. The lowest BCUT2D eigenvalue weighted by Crippen LogP contribution is -2.28. The summed E-state index contributed by atoms with van der Waals surface area (Å²) in [6.07, 6.45) is 1.79. The van der Waals surface area contributed by atoms with E-state index in [-0.39, 0.29) is 11.6 Å². The maximum atomic E-state index is 11.4. The van der Waals surface area contributed by atoms with Gasteiger partial charge in [0.1, 0.15) is 18.1 Å². The van der Waals surface area contributed by atoms with Gasteiger partial charge in [-0.2, -0.15) is 0 Å². The second kappa shape index (κ2) is 5.69. The second-order valence-electron chi connectivity index (χ2n) is 5.32. The molecular weight excluding hydrogens is 272 g/mol. The Bertz CT molecular complexity index is 640. The topological polar surface area (TPSA) is 93.2 Å². The van der Waals surface area contributed by atoms with E-state index in [0.29, 0.717) is 12.2 Å². The summed E-state index contributed by atoms with van der Waals surface area (Å²) < 4.78 is 7.22. The maximum Gasteiger partial charge on any atom is 0.358 e. The zero-order valence-electron chi connectivity index (χ0n) is 11.9. The lowest BCUT2D eigenvalue weighted by molar-refractivity contribution is 0.0688. The third-order valence-corrected chi connectivity index (χ3v) is 3.80. The van der Waals surface area contributed by atoms with Crippen LogP contribution in [-0.2, 0) is 6.54 Å². The zero-order valence-corrected chi connectivity index (χ0v) is 11.9. The van der Waals surface area contributed by atoms with Crippen molar-refractivity contribution in [3.63, 3.8) is 0 Å². The summed E-state index contributed by atoms with van der Waals surface area (Å²) in [6, 6.07) is 3.76. The maximum absolute atomic E-state index is 11.4. The van der Waals surface area contributed by atoms with Crippen LogP contribution >= 0.6 is 0 Å². The van der Waals surface area contributed by atoms with Crippen molar-refractivity contribution in [2.24, 2.45) is 0 Å². The average molecular weight is 290 g/mol. The van der Waals surface area contributed by atoms with Gasteiger partial charge in [0.2, 0.25) is 0 Å². The molecule has 0 unspecified atom stereocenters. The van der Waals surface area contributed by atoms with Gasteiger partial charge in [-0.05, 0) is 45.0 Å². The lowest BCUT2D eigenvalue weighted by atomic mass is 9.93. The molecule has 21 heavy (non-hydrogen) atoms. The van der Waals surface area contributed by atoms with Crippen molar-refractivity contribution >= 4 is 5.97 Å². The highest BCUT2D eigenvalue weighted by atomic mass is 16.4. The second-order valence-corrected chi connectivity index (χ2v) is 5.32. The van der Waals surface area contributed by atoms with Crippen molar-refractivity contribution in [2.45, 2.75) is 32.2 Å². The highest BCUT2D eigenvalue weighted by Gasteiger charge is 2.28. The molecule has 1 aliphatic rings. The number of aromatic carboxylic acids is 1. The Morgan fingerprint density at radius 1 is 1.48 bits per heavy atom. The SMILES string of the molecule is Cc1ccc(Cn2nnc(C(=O)O)c2C2CCNCC2)o1. The van der Waals surface area contributed by atoms with Crippen LogP contribution in [0.4, 0.5) is 0 Å². The summed E-state index contributed by atoms with van der Waals surface area (Å²) in [5, 5.41) is 20.5. The molecule has 0 aromatic carbocycles. The van der Waals surface area contributed by atoms with E-state index in [2.05, 4.69) is 15.6 Å². The van der Waals surface area contributed by atoms with Gasteiger partial charge < -0.3 is 14.8 Å². The van der Waals surface area contributed by atoms with Gasteiger partial charge in [0, 0.05) is 5.92 Å². The minimum absolute atomic E-state index is 0.0604. The Labute approximate surface area is 121 Å². The predicted molar refractivity (Wildman–Crippen MR) is 74.4 cm³/mol. The molecule has 3 heterocycles. The van der Waals surface area contributed by atoms with Crippen LogP contribution in [0.2, 0.25) is 0 Å². The van der Waals surface area contributed by atoms with Gasteiger partial charge in [-0.25, -0.2) is 9.48 Å². The first-order chi connectivity index (χ1) is 10.1. The predicted octanol–water partition coefficient (Wildman–Crippen LogP) is 1.39. The van der Waals surface area contributed by atoms with Gasteiger partial charge in [-0.3, -0.25) is 0 Å². The van der Waals surface area contributed by atoms with E-state index in [4.69, 9.17) is 4.42 Å². The summed E-state index contributed by atoms with van der Waals surface area (Å²) in [5.74, 6) is 0.727. The van der Waals surface area contributed by atoms with Crippen molar-refractivity contribution in [3.05, 3.63) is 35.0 Å². The fraction of sp³-hybridized carbons (Fsp3) is 0.500. The first-order valence-electron chi connectivity index (χ1n) is 7.08. The summed E-state index contributed by atoms with van der Waals surface area (Å²) in [7, 11) is 0. The average Bonchev–Trinajstić information content (AvgIpc) is 3.07. The van der Waals surface area contributed by atoms with Gasteiger partial charge in [-0.15, -0.1) is 5.10 Å². The Morgan fingerprint density at radius 2 is 2.24 bits per heavy atom. The molecule has 0 radical (unpaired) electrons. The van der Waals surface area contributed by atoms with Crippen molar-refractivity contribution < 1.29 is 14.3 Å². The number of hydrogen-bond donors (Lipinski definition) is 2. The number of carboxylic acid groups (broad SMARTS) is 1. The van der Waals surface area contributed by atoms with E-state index in [0.717, 1.165) is 37.5 Å². The van der Waals surface area contributed by atoms with E-state index in [1.165, 1.54) is 0 Å². The molecule has 3 rings (SSSR count). The molecule has 112 valence electrons. The van der Waals surface area contributed by atoms with Crippen LogP contribution in [0.3, 0.4) is 0 Å². The third-order valence-electron chi connectivity index (χ3n) is 3.80. The lowest BCUT2D eigenvalue weighted by Gasteiger charge is -2.23. The first kappa shape index (κ1) is 13.8. The van der Waals surface area contributed by atoms with E-state index >= 15 is 0 Å². The number of aromatic nitrogens is 3. The molecule has 2 N–H and O–H groups in total. The molecule has 7 heteroatoms. The fourth-order valence-corrected chi connectivity index (χ4v) is 2.81. The highest BCUT2D eigenvalue weighted by Crippen LogP contribution is 2.27. The number of piperidine rings is 1. The molecule has 0 aliphatic carbocycles.